The number of hydrogen-bond donors (Lipinski definition) is 1. The lowest BCUT2D eigenvalue weighted by Gasteiger charge is -2.25. The third kappa shape index (κ3) is 2.42. The second-order valence-corrected chi connectivity index (χ2v) is 4.44. The minimum Gasteiger partial charge on any atom is -0.479 e. The number of likely N-dealkylation sites (N-methyl/N-ethyl adjacent to an activating group) is 1. The van der Waals surface area contributed by atoms with Gasteiger partial charge in [0.15, 0.2) is 6.04 Å². The number of benzene rings is 2. The van der Waals surface area contributed by atoms with Gasteiger partial charge in [-0.3, -0.25) is 4.79 Å². The van der Waals surface area contributed by atoms with Crippen LogP contribution in [0.15, 0.2) is 42.5 Å². The normalized spacial score (nSPS) is 12.1. The highest BCUT2D eigenvalue weighted by atomic mass is 16.4. The third-order valence-electron chi connectivity index (χ3n) is 3.24. The van der Waals surface area contributed by atoms with Crippen molar-refractivity contribution >= 4 is 22.6 Å². The van der Waals surface area contributed by atoms with Crippen LogP contribution in [0.3, 0.4) is 0 Å². The van der Waals surface area contributed by atoms with Crippen molar-refractivity contribution in [2.24, 2.45) is 0 Å². The number of hydrogen-bond acceptors (Lipinski definition) is 2. The zero-order valence-electron chi connectivity index (χ0n) is 10.8. The molecule has 0 aliphatic heterocycles. The van der Waals surface area contributed by atoms with E-state index in [1.165, 1.54) is 18.9 Å². The largest absolute Gasteiger partial charge is 0.479 e. The number of carboxylic acid groups (broad SMARTS) is 1. The van der Waals surface area contributed by atoms with E-state index in [9.17, 15) is 14.7 Å². The van der Waals surface area contributed by atoms with Gasteiger partial charge in [-0.2, -0.15) is 0 Å². The summed E-state index contributed by atoms with van der Waals surface area (Å²) < 4.78 is 0. The summed E-state index contributed by atoms with van der Waals surface area (Å²) in [5, 5.41) is 11.2. The molecule has 0 fully saturated rings. The van der Waals surface area contributed by atoms with Gasteiger partial charge in [-0.15, -0.1) is 0 Å². The summed E-state index contributed by atoms with van der Waals surface area (Å²) in [6.45, 7) is 1.36. The fraction of sp³-hybridized carbons (Fsp3) is 0.200. The Kier molecular flexibility index (Phi) is 3.51. The Labute approximate surface area is 111 Å². The number of carboxylic acids is 1. The minimum absolute atomic E-state index is 0.277. The van der Waals surface area contributed by atoms with Crippen molar-refractivity contribution in [3.63, 3.8) is 0 Å². The third-order valence-corrected chi connectivity index (χ3v) is 3.24. The van der Waals surface area contributed by atoms with Crippen LogP contribution in [-0.4, -0.2) is 28.9 Å². The van der Waals surface area contributed by atoms with Crippen molar-refractivity contribution in [3.05, 3.63) is 48.0 Å². The second kappa shape index (κ2) is 5.10. The molecule has 1 unspecified atom stereocenters. The Balaban J connectivity index is 2.63. The maximum Gasteiger partial charge on any atom is 0.331 e. The van der Waals surface area contributed by atoms with Gasteiger partial charge in [-0.1, -0.05) is 42.5 Å². The van der Waals surface area contributed by atoms with E-state index < -0.39 is 12.0 Å². The molecule has 1 atom stereocenters. The van der Waals surface area contributed by atoms with Crippen LogP contribution in [0.2, 0.25) is 0 Å². The van der Waals surface area contributed by atoms with E-state index in [0.29, 0.717) is 5.56 Å². The molecule has 4 nitrogen and oxygen atoms in total. The molecule has 0 aliphatic rings. The van der Waals surface area contributed by atoms with E-state index in [-0.39, 0.29) is 5.91 Å². The van der Waals surface area contributed by atoms with Crippen LogP contribution >= 0.6 is 0 Å². The molecule has 0 radical (unpaired) electrons. The van der Waals surface area contributed by atoms with Gasteiger partial charge in [0.2, 0.25) is 5.91 Å². The average molecular weight is 257 g/mol. The Morgan fingerprint density at radius 1 is 1.11 bits per heavy atom. The molecule has 2 aromatic carbocycles. The van der Waals surface area contributed by atoms with Gasteiger partial charge < -0.3 is 10.0 Å². The highest BCUT2D eigenvalue weighted by Crippen LogP contribution is 2.28. The molecule has 0 saturated heterocycles. The van der Waals surface area contributed by atoms with Crippen molar-refractivity contribution in [1.29, 1.82) is 0 Å². The molecule has 19 heavy (non-hydrogen) atoms. The molecule has 0 heterocycles. The van der Waals surface area contributed by atoms with E-state index in [2.05, 4.69) is 0 Å². The van der Waals surface area contributed by atoms with Gasteiger partial charge in [0.05, 0.1) is 0 Å². The van der Waals surface area contributed by atoms with Gasteiger partial charge in [-0.25, -0.2) is 4.79 Å². The van der Waals surface area contributed by atoms with Gasteiger partial charge in [0.1, 0.15) is 0 Å². The lowest BCUT2D eigenvalue weighted by Crippen LogP contribution is -2.34. The molecule has 1 N–H and O–H groups in total. The van der Waals surface area contributed by atoms with Crippen LogP contribution in [0.5, 0.6) is 0 Å². The molecule has 0 aliphatic carbocycles. The quantitative estimate of drug-likeness (QED) is 0.918. The first-order valence-electron chi connectivity index (χ1n) is 5.96. The zero-order valence-corrected chi connectivity index (χ0v) is 10.8. The molecule has 0 saturated carbocycles. The number of amides is 1. The molecule has 1 amide bonds. The van der Waals surface area contributed by atoms with Gasteiger partial charge >= 0.3 is 5.97 Å². The van der Waals surface area contributed by atoms with Crippen LogP contribution in [0.25, 0.3) is 10.8 Å². The summed E-state index contributed by atoms with van der Waals surface area (Å²) in [7, 11) is 1.50. The summed E-state index contributed by atoms with van der Waals surface area (Å²) in [4.78, 5) is 24.2. The fourth-order valence-electron chi connectivity index (χ4n) is 2.18. The van der Waals surface area contributed by atoms with E-state index >= 15 is 0 Å². The average Bonchev–Trinajstić information content (AvgIpc) is 2.38. The van der Waals surface area contributed by atoms with Crippen molar-refractivity contribution in [3.8, 4) is 0 Å². The molecule has 0 spiro atoms. The Hall–Kier alpha value is -2.36. The lowest BCUT2D eigenvalue weighted by atomic mass is 9.98. The maximum atomic E-state index is 11.5. The summed E-state index contributed by atoms with van der Waals surface area (Å²) in [6.07, 6.45) is 0. The molecule has 98 valence electrons. The SMILES string of the molecule is CC(=O)N(C)C(C(=O)O)c1cccc2ccccc12. The van der Waals surface area contributed by atoms with Crippen molar-refractivity contribution in [2.75, 3.05) is 7.05 Å². The Bertz CT molecular complexity index is 631. The fourth-order valence-corrected chi connectivity index (χ4v) is 2.18. The minimum atomic E-state index is -1.03. The van der Waals surface area contributed by atoms with Gasteiger partial charge in [-0.05, 0) is 16.3 Å². The summed E-state index contributed by atoms with van der Waals surface area (Å²) in [5.74, 6) is -1.31. The smallest absolute Gasteiger partial charge is 0.331 e. The van der Waals surface area contributed by atoms with Crippen LogP contribution < -0.4 is 0 Å². The molecule has 0 bridgehead atoms. The number of fused-ring (bicyclic) bond motifs is 1. The highest BCUT2D eigenvalue weighted by Gasteiger charge is 2.27. The van der Waals surface area contributed by atoms with Crippen molar-refractivity contribution in [1.82, 2.24) is 4.90 Å². The first-order chi connectivity index (χ1) is 9.02. The molecule has 2 aromatic rings. The van der Waals surface area contributed by atoms with Crippen LogP contribution in [0.4, 0.5) is 0 Å². The number of nitrogens with zero attached hydrogens (tertiary/aromatic N) is 1. The van der Waals surface area contributed by atoms with Gasteiger partial charge in [0, 0.05) is 14.0 Å². The first kappa shape index (κ1) is 13.1. The number of rotatable bonds is 3. The molecule has 4 heteroatoms. The van der Waals surface area contributed by atoms with E-state index in [0.717, 1.165) is 10.8 Å². The Morgan fingerprint density at radius 3 is 2.37 bits per heavy atom. The lowest BCUT2D eigenvalue weighted by molar-refractivity contribution is -0.148. The van der Waals surface area contributed by atoms with Crippen molar-refractivity contribution < 1.29 is 14.7 Å². The highest BCUT2D eigenvalue weighted by molar-refractivity contribution is 5.92. The predicted molar refractivity (Wildman–Crippen MR) is 72.8 cm³/mol. The monoisotopic (exact) mass is 257 g/mol. The molecule has 2 rings (SSSR count). The van der Waals surface area contributed by atoms with E-state index in [1.807, 2.05) is 36.4 Å². The summed E-state index contributed by atoms with van der Waals surface area (Å²) in [6, 6.07) is 12.1. The van der Waals surface area contributed by atoms with Crippen molar-refractivity contribution in [2.45, 2.75) is 13.0 Å². The maximum absolute atomic E-state index is 11.5. The van der Waals surface area contributed by atoms with Gasteiger partial charge in [0.25, 0.3) is 0 Å². The summed E-state index contributed by atoms with van der Waals surface area (Å²) in [5.41, 5.74) is 0.628. The number of carbonyl (C=O) groups is 2. The zero-order chi connectivity index (χ0) is 14.0. The van der Waals surface area contributed by atoms with Crippen LogP contribution in [0, 0.1) is 0 Å². The van der Waals surface area contributed by atoms with Crippen LogP contribution in [-0.2, 0) is 9.59 Å². The summed E-state index contributed by atoms with van der Waals surface area (Å²) >= 11 is 0. The van der Waals surface area contributed by atoms with Crippen LogP contribution in [0.1, 0.15) is 18.5 Å². The molecule has 0 aromatic heterocycles. The number of aliphatic carboxylic acids is 1. The second-order valence-electron chi connectivity index (χ2n) is 4.44. The standard InChI is InChI=1S/C15H15NO3/c1-10(17)16(2)14(15(18)19)13-9-5-7-11-6-3-4-8-12(11)13/h3-9,14H,1-2H3,(H,18,19). The predicted octanol–water partition coefficient (Wildman–Crippen LogP) is 2.44. The number of carbonyl (C=O) groups excluding carboxylic acids is 1. The topological polar surface area (TPSA) is 57.6 Å². The van der Waals surface area contributed by atoms with E-state index in [4.69, 9.17) is 0 Å². The Morgan fingerprint density at radius 2 is 1.74 bits per heavy atom. The molecular formula is C15H15NO3. The first-order valence-corrected chi connectivity index (χ1v) is 5.96. The molecular weight excluding hydrogens is 242 g/mol. The van der Waals surface area contributed by atoms with E-state index in [1.54, 1.807) is 6.07 Å².